The summed E-state index contributed by atoms with van der Waals surface area (Å²) in [5.41, 5.74) is 0.716. The Balaban J connectivity index is 2.07. The van der Waals surface area contributed by atoms with Gasteiger partial charge in [0.05, 0.1) is 21.7 Å². The second-order valence-corrected chi connectivity index (χ2v) is 7.49. The Bertz CT molecular complexity index is 1030. The number of carbonyl (C=O) groups excluding carboxylic acids is 1. The first-order chi connectivity index (χ1) is 13.2. The van der Waals surface area contributed by atoms with Crippen molar-refractivity contribution >= 4 is 57.4 Å². The Morgan fingerprint density at radius 1 is 1.00 bits per heavy atom. The Morgan fingerprint density at radius 3 is 2.04 bits per heavy atom. The van der Waals surface area contributed by atoms with Gasteiger partial charge in [-0.15, -0.1) is 0 Å². The van der Waals surface area contributed by atoms with Gasteiger partial charge in [0.2, 0.25) is 0 Å². The third kappa shape index (κ3) is 3.67. The number of hydrogen-bond donors (Lipinski definition) is 2. The first-order valence-corrected chi connectivity index (χ1v) is 9.06. The molecule has 1 fully saturated rings. The molecular formula is C19H12FNO5S2. The summed E-state index contributed by atoms with van der Waals surface area (Å²) in [4.78, 5) is 37.0. The number of thioether (sulfide) groups is 1. The lowest BCUT2D eigenvalue weighted by atomic mass is 10.1. The smallest absolute Gasteiger partial charge is 0.335 e. The lowest BCUT2D eigenvalue weighted by Gasteiger charge is -2.16. The summed E-state index contributed by atoms with van der Waals surface area (Å²) in [6.07, 6.45) is 0. The van der Waals surface area contributed by atoms with Crippen molar-refractivity contribution in [1.29, 1.82) is 0 Å². The lowest BCUT2D eigenvalue weighted by Crippen LogP contribution is -2.28. The van der Waals surface area contributed by atoms with Crippen molar-refractivity contribution in [3.8, 4) is 0 Å². The first-order valence-electron chi connectivity index (χ1n) is 7.84. The molecule has 2 N–H and O–H groups in total. The van der Waals surface area contributed by atoms with Crippen LogP contribution in [-0.2, 0) is 4.79 Å². The minimum atomic E-state index is -1.33. The van der Waals surface area contributed by atoms with Gasteiger partial charge < -0.3 is 10.2 Å². The molecular weight excluding hydrogens is 405 g/mol. The minimum absolute atomic E-state index is 0.0571. The van der Waals surface area contributed by atoms with E-state index in [1.54, 1.807) is 6.92 Å². The van der Waals surface area contributed by atoms with Crippen molar-refractivity contribution in [2.75, 3.05) is 4.90 Å². The third-order valence-electron chi connectivity index (χ3n) is 4.06. The molecule has 1 amide bonds. The Labute approximate surface area is 168 Å². The topological polar surface area (TPSA) is 94.9 Å². The van der Waals surface area contributed by atoms with Gasteiger partial charge in [-0.3, -0.25) is 9.69 Å². The maximum atomic E-state index is 13.1. The van der Waals surface area contributed by atoms with E-state index < -0.39 is 23.7 Å². The molecule has 0 radical (unpaired) electrons. The van der Waals surface area contributed by atoms with E-state index in [-0.39, 0.29) is 21.1 Å². The molecule has 142 valence electrons. The van der Waals surface area contributed by atoms with E-state index in [1.807, 2.05) is 0 Å². The zero-order chi connectivity index (χ0) is 20.6. The number of halogens is 1. The molecule has 1 saturated heterocycles. The van der Waals surface area contributed by atoms with E-state index in [4.69, 9.17) is 12.2 Å². The van der Waals surface area contributed by atoms with Gasteiger partial charge in [0.1, 0.15) is 5.82 Å². The number of thiocarbonyl (C=S) groups is 1. The number of amides is 1. The molecule has 9 heteroatoms. The number of nitrogens with zero attached hydrogens (tertiary/aromatic N) is 1. The van der Waals surface area contributed by atoms with Crippen molar-refractivity contribution < 1.29 is 29.0 Å². The fourth-order valence-corrected chi connectivity index (χ4v) is 3.98. The number of aromatic carboxylic acids is 2. The number of hydrogen-bond acceptors (Lipinski definition) is 5. The predicted molar refractivity (Wildman–Crippen MR) is 107 cm³/mol. The molecule has 3 rings (SSSR count). The highest BCUT2D eigenvalue weighted by Crippen LogP contribution is 2.39. The van der Waals surface area contributed by atoms with Gasteiger partial charge in [0.15, 0.2) is 4.32 Å². The number of carbonyl (C=O) groups is 3. The number of allylic oxidation sites excluding steroid dienone is 1. The quantitative estimate of drug-likeness (QED) is 0.573. The second kappa shape index (κ2) is 7.53. The molecule has 1 heterocycles. The number of carboxylic acid groups (broad SMARTS) is 2. The summed E-state index contributed by atoms with van der Waals surface area (Å²) in [6, 6.07) is 9.00. The second-order valence-electron chi connectivity index (χ2n) is 5.85. The van der Waals surface area contributed by atoms with Crippen LogP contribution in [-0.4, -0.2) is 32.4 Å². The van der Waals surface area contributed by atoms with Crippen LogP contribution in [0.15, 0.2) is 47.4 Å². The van der Waals surface area contributed by atoms with E-state index in [1.165, 1.54) is 36.4 Å². The van der Waals surface area contributed by atoms with Crippen LogP contribution < -0.4 is 4.90 Å². The number of anilines is 1. The molecule has 0 unspecified atom stereocenters. The maximum Gasteiger partial charge on any atom is 0.335 e. The molecule has 0 aromatic heterocycles. The summed E-state index contributed by atoms with van der Waals surface area (Å²) in [6.45, 7) is 1.69. The lowest BCUT2D eigenvalue weighted by molar-refractivity contribution is -0.113. The molecule has 2 aromatic carbocycles. The van der Waals surface area contributed by atoms with Crippen LogP contribution in [0.1, 0.15) is 33.2 Å². The van der Waals surface area contributed by atoms with Crippen LogP contribution in [0, 0.1) is 5.82 Å². The summed E-state index contributed by atoms with van der Waals surface area (Å²) in [5.74, 6) is -3.56. The fourth-order valence-electron chi connectivity index (χ4n) is 2.64. The summed E-state index contributed by atoms with van der Waals surface area (Å²) < 4.78 is 13.3. The van der Waals surface area contributed by atoms with Gasteiger partial charge in [-0.1, -0.05) is 36.1 Å². The first kappa shape index (κ1) is 19.7. The summed E-state index contributed by atoms with van der Waals surface area (Å²) in [7, 11) is 0. The largest absolute Gasteiger partial charge is 0.478 e. The molecule has 0 saturated carbocycles. The molecule has 0 atom stereocenters. The standard InChI is InChI=1S/C19H12FNO5S2/c1-9(10-2-4-13(20)5-3-10)15-16(22)21(19(27)28-15)14-7-11(17(23)24)6-12(8-14)18(25)26/h2-8H,1H3,(H,23,24)(H,25,26)/b15-9-. The third-order valence-corrected chi connectivity index (χ3v) is 5.53. The fraction of sp³-hybridized carbons (Fsp3) is 0.0526. The zero-order valence-electron chi connectivity index (χ0n) is 14.3. The van der Waals surface area contributed by atoms with Crippen LogP contribution in [0.5, 0.6) is 0 Å². The molecule has 0 spiro atoms. The Hall–Kier alpha value is -3.04. The minimum Gasteiger partial charge on any atom is -0.478 e. The molecule has 2 aromatic rings. The molecule has 0 bridgehead atoms. The average Bonchev–Trinajstić information content (AvgIpc) is 2.95. The van der Waals surface area contributed by atoms with E-state index >= 15 is 0 Å². The Morgan fingerprint density at radius 2 is 1.54 bits per heavy atom. The van der Waals surface area contributed by atoms with Crippen LogP contribution in [0.25, 0.3) is 5.57 Å². The number of rotatable bonds is 4. The van der Waals surface area contributed by atoms with Crippen molar-refractivity contribution in [3.05, 3.63) is 69.9 Å². The maximum absolute atomic E-state index is 13.1. The van der Waals surface area contributed by atoms with E-state index in [2.05, 4.69) is 0 Å². The van der Waals surface area contributed by atoms with Gasteiger partial charge >= 0.3 is 11.9 Å². The zero-order valence-corrected chi connectivity index (χ0v) is 15.9. The van der Waals surface area contributed by atoms with E-state index in [0.717, 1.165) is 22.7 Å². The van der Waals surface area contributed by atoms with Gasteiger partial charge in [-0.2, -0.15) is 0 Å². The predicted octanol–water partition coefficient (Wildman–Crippen LogP) is 4.02. The number of carboxylic acids is 2. The monoisotopic (exact) mass is 417 g/mol. The summed E-state index contributed by atoms with van der Waals surface area (Å²) in [5, 5.41) is 18.5. The van der Waals surface area contributed by atoms with Crippen molar-refractivity contribution in [1.82, 2.24) is 0 Å². The van der Waals surface area contributed by atoms with Gasteiger partial charge in [0, 0.05) is 0 Å². The number of benzene rings is 2. The molecule has 6 nitrogen and oxygen atoms in total. The molecule has 0 aliphatic carbocycles. The normalized spacial score (nSPS) is 15.7. The van der Waals surface area contributed by atoms with Crippen LogP contribution in [0.4, 0.5) is 10.1 Å². The van der Waals surface area contributed by atoms with Gasteiger partial charge in [0.25, 0.3) is 5.91 Å². The van der Waals surface area contributed by atoms with Crippen LogP contribution >= 0.6 is 24.0 Å². The molecule has 28 heavy (non-hydrogen) atoms. The van der Waals surface area contributed by atoms with Gasteiger partial charge in [-0.05, 0) is 48.4 Å². The average molecular weight is 417 g/mol. The van der Waals surface area contributed by atoms with Gasteiger partial charge in [-0.25, -0.2) is 14.0 Å². The molecule has 1 aliphatic rings. The highest BCUT2D eigenvalue weighted by atomic mass is 32.2. The van der Waals surface area contributed by atoms with E-state index in [9.17, 15) is 29.0 Å². The van der Waals surface area contributed by atoms with Crippen LogP contribution in [0.2, 0.25) is 0 Å². The van der Waals surface area contributed by atoms with Crippen molar-refractivity contribution in [3.63, 3.8) is 0 Å². The Kier molecular flexibility index (Phi) is 5.30. The highest BCUT2D eigenvalue weighted by molar-refractivity contribution is 8.27. The van der Waals surface area contributed by atoms with E-state index in [0.29, 0.717) is 16.0 Å². The molecule has 1 aliphatic heterocycles. The summed E-state index contributed by atoms with van der Waals surface area (Å²) >= 11 is 6.27. The van der Waals surface area contributed by atoms with Crippen LogP contribution in [0.3, 0.4) is 0 Å². The van der Waals surface area contributed by atoms with Crippen molar-refractivity contribution in [2.24, 2.45) is 0 Å². The highest BCUT2D eigenvalue weighted by Gasteiger charge is 2.35. The SMILES string of the molecule is C/C(=C1/SC(=S)N(c2cc(C(=O)O)cc(C(=O)O)c2)C1=O)c1ccc(F)cc1. The van der Waals surface area contributed by atoms with Crippen molar-refractivity contribution in [2.45, 2.75) is 6.92 Å².